The number of aryl methyl sites for hydroxylation is 1. The fourth-order valence-electron chi connectivity index (χ4n) is 4.14. The molecule has 2 aliphatic carbocycles. The Morgan fingerprint density at radius 2 is 1.78 bits per heavy atom. The average Bonchev–Trinajstić information content (AvgIpc) is 2.74. The third-order valence-electron chi connectivity index (χ3n) is 5.38. The fourth-order valence-corrected chi connectivity index (χ4v) is 4.14. The molecule has 0 radical (unpaired) electrons. The number of aromatic nitrogens is 1. The van der Waals surface area contributed by atoms with Crippen molar-refractivity contribution in [2.75, 3.05) is 0 Å². The number of hydrogen-bond donors (Lipinski definition) is 0. The molecule has 27 heavy (non-hydrogen) atoms. The van der Waals surface area contributed by atoms with Crippen molar-refractivity contribution in [3.05, 3.63) is 88.1 Å². The van der Waals surface area contributed by atoms with Gasteiger partial charge in [-0.2, -0.15) is 0 Å². The second-order valence-corrected chi connectivity index (χ2v) is 7.01. The van der Waals surface area contributed by atoms with Gasteiger partial charge in [-0.25, -0.2) is 9.78 Å². The van der Waals surface area contributed by atoms with Crippen molar-refractivity contribution in [1.29, 1.82) is 0 Å². The minimum absolute atomic E-state index is 0.344. The smallest absolute Gasteiger partial charge is 0.362 e. The Bertz CT molecular complexity index is 1160. The first-order valence-electron chi connectivity index (χ1n) is 9.38. The van der Waals surface area contributed by atoms with Gasteiger partial charge in [0, 0.05) is 17.8 Å². The molecule has 0 fully saturated rings. The first-order valence-corrected chi connectivity index (χ1v) is 9.38. The molecule has 2 aromatic carbocycles. The molecule has 0 aliphatic heterocycles. The van der Waals surface area contributed by atoms with Gasteiger partial charge in [0.2, 0.25) is 0 Å². The molecule has 0 N–H and O–H groups in total. The molecule has 3 heteroatoms. The zero-order valence-corrected chi connectivity index (χ0v) is 14.9. The SMILES string of the molecule is O=C(OC1=c2c(ccc3c2=CCc2ccccc2-3)CCC1)c1ccccn1. The molecule has 0 bridgehead atoms. The van der Waals surface area contributed by atoms with Crippen molar-refractivity contribution >= 4 is 17.8 Å². The molecule has 0 unspecified atom stereocenters. The van der Waals surface area contributed by atoms with Crippen LogP contribution in [0.4, 0.5) is 0 Å². The standard InChI is InChI=1S/C24H19NO2/c26-24(21-9-3-4-15-25-21)27-22-10-5-7-17-12-13-19-18-8-2-1-6-16(18)11-14-20(19)23(17)22/h1-4,6,8-9,12-15H,5,7,10-11H2. The van der Waals surface area contributed by atoms with E-state index >= 15 is 0 Å². The van der Waals surface area contributed by atoms with Crippen LogP contribution in [0.25, 0.3) is 23.0 Å². The maximum Gasteiger partial charge on any atom is 0.362 e. The van der Waals surface area contributed by atoms with Crippen molar-refractivity contribution in [2.45, 2.75) is 25.7 Å². The van der Waals surface area contributed by atoms with Crippen LogP contribution in [0.3, 0.4) is 0 Å². The van der Waals surface area contributed by atoms with Gasteiger partial charge in [-0.05, 0) is 58.9 Å². The van der Waals surface area contributed by atoms with Gasteiger partial charge in [0.1, 0.15) is 11.5 Å². The second kappa shape index (κ2) is 6.51. The molecule has 1 heterocycles. The Labute approximate surface area is 157 Å². The summed E-state index contributed by atoms with van der Waals surface area (Å²) in [7, 11) is 0. The molecule has 0 atom stereocenters. The number of nitrogens with zero attached hydrogens (tertiary/aromatic N) is 1. The largest absolute Gasteiger partial charge is 0.426 e. The number of fused-ring (bicyclic) bond motifs is 5. The Hall–Kier alpha value is -3.20. The highest BCUT2D eigenvalue weighted by atomic mass is 16.5. The molecule has 1 aromatic heterocycles. The van der Waals surface area contributed by atoms with Crippen molar-refractivity contribution in [2.24, 2.45) is 0 Å². The number of esters is 1. The molecule has 5 rings (SSSR count). The normalized spacial score (nSPS) is 14.4. The topological polar surface area (TPSA) is 39.2 Å². The number of pyridine rings is 1. The summed E-state index contributed by atoms with van der Waals surface area (Å²) >= 11 is 0. The molecule has 3 aromatic rings. The van der Waals surface area contributed by atoms with Crippen LogP contribution in [0.2, 0.25) is 0 Å². The summed E-state index contributed by atoms with van der Waals surface area (Å²) in [4.78, 5) is 16.7. The van der Waals surface area contributed by atoms with Crippen LogP contribution in [0, 0.1) is 0 Å². The summed E-state index contributed by atoms with van der Waals surface area (Å²) < 4.78 is 5.85. The van der Waals surface area contributed by atoms with Crippen molar-refractivity contribution in [1.82, 2.24) is 4.98 Å². The zero-order valence-electron chi connectivity index (χ0n) is 14.9. The Balaban J connectivity index is 1.68. The lowest BCUT2D eigenvalue weighted by molar-refractivity contribution is 0.0672. The molecule has 2 aliphatic rings. The molecule has 0 saturated heterocycles. The first kappa shape index (κ1) is 16.0. The Morgan fingerprint density at radius 3 is 2.67 bits per heavy atom. The summed E-state index contributed by atoms with van der Waals surface area (Å²) in [6.07, 6.45) is 7.58. The number of hydrogen-bond acceptors (Lipinski definition) is 3. The van der Waals surface area contributed by atoms with Gasteiger partial charge in [-0.15, -0.1) is 0 Å². The quantitative estimate of drug-likeness (QED) is 0.663. The van der Waals surface area contributed by atoms with Gasteiger partial charge in [-0.3, -0.25) is 0 Å². The number of benzene rings is 2. The van der Waals surface area contributed by atoms with E-state index in [1.54, 1.807) is 24.4 Å². The van der Waals surface area contributed by atoms with Gasteiger partial charge in [0.05, 0.1) is 0 Å². The van der Waals surface area contributed by atoms with Gasteiger partial charge >= 0.3 is 5.97 Å². The van der Waals surface area contributed by atoms with Crippen LogP contribution < -0.4 is 10.4 Å². The van der Waals surface area contributed by atoms with Crippen LogP contribution in [-0.2, 0) is 17.6 Å². The molecule has 0 amide bonds. The average molecular weight is 353 g/mol. The minimum atomic E-state index is -0.382. The van der Waals surface area contributed by atoms with Crippen molar-refractivity contribution in [3.63, 3.8) is 0 Å². The van der Waals surface area contributed by atoms with E-state index < -0.39 is 0 Å². The molecule has 3 nitrogen and oxygen atoms in total. The van der Waals surface area contributed by atoms with Crippen molar-refractivity contribution < 1.29 is 9.53 Å². The maximum atomic E-state index is 12.6. The first-order chi connectivity index (χ1) is 13.3. The molecule has 132 valence electrons. The minimum Gasteiger partial charge on any atom is -0.426 e. The highest BCUT2D eigenvalue weighted by Gasteiger charge is 2.20. The van der Waals surface area contributed by atoms with E-state index in [1.165, 1.54) is 27.5 Å². The molecular weight excluding hydrogens is 334 g/mol. The van der Waals surface area contributed by atoms with Crippen molar-refractivity contribution in [3.8, 4) is 11.1 Å². The van der Waals surface area contributed by atoms with Gasteiger partial charge in [-0.1, -0.05) is 48.5 Å². The van der Waals surface area contributed by atoms with E-state index in [4.69, 9.17) is 4.74 Å². The highest BCUT2D eigenvalue weighted by Crippen LogP contribution is 2.25. The number of carbonyl (C=O) groups is 1. The van der Waals surface area contributed by atoms with Crippen LogP contribution >= 0.6 is 0 Å². The Morgan fingerprint density at radius 1 is 0.889 bits per heavy atom. The van der Waals surface area contributed by atoms with Gasteiger partial charge in [0.25, 0.3) is 0 Å². The molecule has 0 spiro atoms. The van der Waals surface area contributed by atoms with Gasteiger partial charge < -0.3 is 4.74 Å². The lowest BCUT2D eigenvalue weighted by atomic mass is 9.86. The monoisotopic (exact) mass is 353 g/mol. The zero-order chi connectivity index (χ0) is 18.2. The van der Waals surface area contributed by atoms with E-state index in [0.717, 1.165) is 36.7 Å². The summed E-state index contributed by atoms with van der Waals surface area (Å²) in [5.41, 5.74) is 5.45. The summed E-state index contributed by atoms with van der Waals surface area (Å²) in [5.74, 6) is 0.395. The fraction of sp³-hybridized carbons (Fsp3) is 0.167. The van der Waals surface area contributed by atoms with Crippen LogP contribution in [-0.4, -0.2) is 11.0 Å². The second-order valence-electron chi connectivity index (χ2n) is 7.01. The number of carbonyl (C=O) groups excluding carboxylic acids is 1. The van der Waals surface area contributed by atoms with Gasteiger partial charge in [0.15, 0.2) is 0 Å². The van der Waals surface area contributed by atoms with Crippen LogP contribution in [0.1, 0.15) is 34.5 Å². The highest BCUT2D eigenvalue weighted by molar-refractivity contribution is 5.90. The lowest BCUT2D eigenvalue weighted by Gasteiger charge is -2.21. The molecule has 0 saturated carbocycles. The lowest BCUT2D eigenvalue weighted by Crippen LogP contribution is -2.37. The third-order valence-corrected chi connectivity index (χ3v) is 5.38. The van der Waals surface area contributed by atoms with E-state index in [0.29, 0.717) is 5.69 Å². The van der Waals surface area contributed by atoms with E-state index in [-0.39, 0.29) is 5.97 Å². The Kier molecular flexibility index (Phi) is 3.86. The predicted molar refractivity (Wildman–Crippen MR) is 105 cm³/mol. The summed E-state index contributed by atoms with van der Waals surface area (Å²) in [6, 6.07) is 18.2. The van der Waals surface area contributed by atoms with Crippen LogP contribution in [0.15, 0.2) is 60.8 Å². The van der Waals surface area contributed by atoms with E-state index in [9.17, 15) is 4.79 Å². The molecular formula is C24H19NO2. The third kappa shape index (κ3) is 2.76. The van der Waals surface area contributed by atoms with E-state index in [1.807, 2.05) is 0 Å². The van der Waals surface area contributed by atoms with E-state index in [2.05, 4.69) is 47.5 Å². The number of ether oxygens (including phenoxy) is 1. The summed E-state index contributed by atoms with van der Waals surface area (Å²) in [5, 5.41) is 2.31. The predicted octanol–water partition coefficient (Wildman–Crippen LogP) is 3.39. The maximum absolute atomic E-state index is 12.6. The van der Waals surface area contributed by atoms with Crippen LogP contribution in [0.5, 0.6) is 0 Å². The number of rotatable bonds is 2. The summed E-state index contributed by atoms with van der Waals surface area (Å²) in [6.45, 7) is 0.